The molecule has 1 atom stereocenters. The van der Waals surface area contributed by atoms with Crippen molar-refractivity contribution in [1.82, 2.24) is 0 Å². The van der Waals surface area contributed by atoms with Crippen LogP contribution < -0.4 is 0 Å². The second kappa shape index (κ2) is 4.66. The van der Waals surface area contributed by atoms with Crippen LogP contribution in [0.15, 0.2) is 18.2 Å². The summed E-state index contributed by atoms with van der Waals surface area (Å²) in [4.78, 5) is 10.7. The smallest absolute Gasteiger partial charge is 0.303 e. The molecular weight excluding hydrogens is 204 g/mol. The first-order chi connectivity index (χ1) is 7.66. The zero-order chi connectivity index (χ0) is 11.5. The van der Waals surface area contributed by atoms with Crippen molar-refractivity contribution in [1.29, 1.82) is 0 Å². The Balaban J connectivity index is 2.19. The van der Waals surface area contributed by atoms with E-state index in [0.29, 0.717) is 6.61 Å². The minimum absolute atomic E-state index is 0.0747. The molecule has 0 aliphatic carbocycles. The Kier molecular flexibility index (Phi) is 3.25. The van der Waals surface area contributed by atoms with Gasteiger partial charge in [0.05, 0.1) is 19.6 Å². The number of fused-ring (bicyclic) bond motifs is 1. The highest BCUT2D eigenvalue weighted by Crippen LogP contribution is 2.24. The molecule has 0 spiro atoms. The molecule has 1 N–H and O–H groups in total. The second-order valence-corrected chi connectivity index (χ2v) is 4.33. The number of carbonyl (C=O) groups is 1. The molecule has 0 fully saturated rings. The summed E-state index contributed by atoms with van der Waals surface area (Å²) in [5.41, 5.74) is 3.65. The van der Waals surface area contributed by atoms with Crippen molar-refractivity contribution in [2.75, 3.05) is 6.61 Å². The SMILES string of the molecule is CC(CC(=O)O)c1ccc2c(c1)CCOC2. The maximum Gasteiger partial charge on any atom is 0.303 e. The molecule has 0 amide bonds. The predicted molar refractivity (Wildman–Crippen MR) is 60.5 cm³/mol. The van der Waals surface area contributed by atoms with E-state index in [4.69, 9.17) is 9.84 Å². The van der Waals surface area contributed by atoms with E-state index in [9.17, 15) is 4.79 Å². The van der Waals surface area contributed by atoms with E-state index in [0.717, 1.165) is 18.6 Å². The van der Waals surface area contributed by atoms with Gasteiger partial charge in [-0.25, -0.2) is 0 Å². The molecule has 1 aliphatic heterocycles. The van der Waals surface area contributed by atoms with E-state index in [1.807, 2.05) is 13.0 Å². The Morgan fingerprint density at radius 2 is 2.31 bits per heavy atom. The Bertz CT molecular complexity index is 398. The number of carboxylic acid groups (broad SMARTS) is 1. The van der Waals surface area contributed by atoms with Crippen molar-refractivity contribution in [2.45, 2.75) is 32.3 Å². The zero-order valence-electron chi connectivity index (χ0n) is 9.40. The van der Waals surface area contributed by atoms with Gasteiger partial charge in [-0.05, 0) is 29.0 Å². The lowest BCUT2D eigenvalue weighted by Crippen LogP contribution is -2.11. The Morgan fingerprint density at radius 3 is 3.06 bits per heavy atom. The van der Waals surface area contributed by atoms with E-state index < -0.39 is 5.97 Å². The lowest BCUT2D eigenvalue weighted by molar-refractivity contribution is -0.137. The molecular formula is C13H16O3. The molecule has 2 rings (SSSR count). The summed E-state index contributed by atoms with van der Waals surface area (Å²) in [7, 11) is 0. The third-order valence-corrected chi connectivity index (χ3v) is 3.05. The number of hydrogen-bond donors (Lipinski definition) is 1. The Hall–Kier alpha value is -1.35. The standard InChI is InChI=1S/C13H16O3/c1-9(6-13(14)15)10-2-3-12-8-16-5-4-11(12)7-10/h2-3,7,9H,4-6,8H2,1H3,(H,14,15). The predicted octanol–water partition coefficient (Wildman–Crippen LogP) is 2.34. The average Bonchev–Trinajstić information content (AvgIpc) is 2.27. The average molecular weight is 220 g/mol. The summed E-state index contributed by atoms with van der Waals surface area (Å²) in [6.07, 6.45) is 1.12. The molecule has 1 aromatic rings. The van der Waals surface area contributed by atoms with Crippen LogP contribution in [0, 0.1) is 0 Å². The van der Waals surface area contributed by atoms with Crippen LogP contribution in [0.3, 0.4) is 0 Å². The van der Waals surface area contributed by atoms with Crippen LogP contribution >= 0.6 is 0 Å². The van der Waals surface area contributed by atoms with E-state index in [-0.39, 0.29) is 12.3 Å². The van der Waals surface area contributed by atoms with Gasteiger partial charge in [-0.1, -0.05) is 25.1 Å². The van der Waals surface area contributed by atoms with Gasteiger partial charge in [0.2, 0.25) is 0 Å². The lowest BCUT2D eigenvalue weighted by Gasteiger charge is -2.19. The number of carboxylic acids is 1. The number of aliphatic carboxylic acids is 1. The van der Waals surface area contributed by atoms with Crippen molar-refractivity contribution in [3.05, 3.63) is 34.9 Å². The highest BCUT2D eigenvalue weighted by Gasteiger charge is 2.14. The van der Waals surface area contributed by atoms with Crippen molar-refractivity contribution in [2.24, 2.45) is 0 Å². The van der Waals surface area contributed by atoms with Crippen LogP contribution in [0.2, 0.25) is 0 Å². The first-order valence-electron chi connectivity index (χ1n) is 5.58. The summed E-state index contributed by atoms with van der Waals surface area (Å²) in [6, 6.07) is 6.20. The topological polar surface area (TPSA) is 46.5 Å². The van der Waals surface area contributed by atoms with Gasteiger partial charge in [-0.2, -0.15) is 0 Å². The van der Waals surface area contributed by atoms with Crippen molar-refractivity contribution in [3.63, 3.8) is 0 Å². The van der Waals surface area contributed by atoms with Crippen LogP contribution in [-0.4, -0.2) is 17.7 Å². The molecule has 1 aromatic carbocycles. The number of ether oxygens (including phenoxy) is 1. The monoisotopic (exact) mass is 220 g/mol. The summed E-state index contributed by atoms with van der Waals surface area (Å²) >= 11 is 0. The van der Waals surface area contributed by atoms with Gasteiger partial charge in [0.1, 0.15) is 0 Å². The molecule has 3 heteroatoms. The molecule has 1 aliphatic rings. The lowest BCUT2D eigenvalue weighted by atomic mass is 9.92. The van der Waals surface area contributed by atoms with Gasteiger partial charge >= 0.3 is 5.97 Å². The normalized spacial score (nSPS) is 16.6. The second-order valence-electron chi connectivity index (χ2n) is 4.33. The maximum atomic E-state index is 10.7. The maximum absolute atomic E-state index is 10.7. The quantitative estimate of drug-likeness (QED) is 0.850. The summed E-state index contributed by atoms with van der Waals surface area (Å²) in [5.74, 6) is -0.667. The van der Waals surface area contributed by atoms with Gasteiger partial charge < -0.3 is 9.84 Å². The number of benzene rings is 1. The van der Waals surface area contributed by atoms with Crippen LogP contribution in [0.1, 0.15) is 36.0 Å². The van der Waals surface area contributed by atoms with Gasteiger partial charge in [-0.15, -0.1) is 0 Å². The fourth-order valence-electron chi connectivity index (χ4n) is 2.07. The Labute approximate surface area is 95.0 Å². The molecule has 3 nitrogen and oxygen atoms in total. The van der Waals surface area contributed by atoms with E-state index in [2.05, 4.69) is 12.1 Å². The molecule has 0 aromatic heterocycles. The van der Waals surface area contributed by atoms with Gasteiger partial charge in [-0.3, -0.25) is 4.79 Å². The Morgan fingerprint density at radius 1 is 1.50 bits per heavy atom. The van der Waals surface area contributed by atoms with E-state index in [1.54, 1.807) is 0 Å². The van der Waals surface area contributed by atoms with Gasteiger partial charge in [0.25, 0.3) is 0 Å². The fraction of sp³-hybridized carbons (Fsp3) is 0.462. The molecule has 1 heterocycles. The highest BCUT2D eigenvalue weighted by molar-refractivity contribution is 5.68. The highest BCUT2D eigenvalue weighted by atomic mass is 16.5. The number of hydrogen-bond acceptors (Lipinski definition) is 2. The van der Waals surface area contributed by atoms with E-state index >= 15 is 0 Å². The van der Waals surface area contributed by atoms with E-state index in [1.165, 1.54) is 11.1 Å². The largest absolute Gasteiger partial charge is 0.481 e. The van der Waals surface area contributed by atoms with Gasteiger partial charge in [0, 0.05) is 0 Å². The van der Waals surface area contributed by atoms with Gasteiger partial charge in [0.15, 0.2) is 0 Å². The minimum atomic E-state index is -0.742. The summed E-state index contributed by atoms with van der Waals surface area (Å²) < 4.78 is 5.37. The summed E-state index contributed by atoms with van der Waals surface area (Å²) in [6.45, 7) is 3.40. The van der Waals surface area contributed by atoms with Crippen molar-refractivity contribution >= 4 is 5.97 Å². The molecule has 1 unspecified atom stereocenters. The summed E-state index contributed by atoms with van der Waals surface area (Å²) in [5, 5.41) is 8.76. The first kappa shape index (κ1) is 11.1. The molecule has 0 saturated carbocycles. The van der Waals surface area contributed by atoms with Crippen molar-refractivity contribution < 1.29 is 14.6 Å². The third kappa shape index (κ3) is 2.42. The molecule has 16 heavy (non-hydrogen) atoms. The van der Waals surface area contributed by atoms with Crippen LogP contribution in [-0.2, 0) is 22.6 Å². The number of rotatable bonds is 3. The molecule has 0 bridgehead atoms. The molecule has 0 radical (unpaired) electrons. The van der Waals surface area contributed by atoms with Crippen LogP contribution in [0.5, 0.6) is 0 Å². The molecule has 86 valence electrons. The zero-order valence-corrected chi connectivity index (χ0v) is 9.40. The molecule has 0 saturated heterocycles. The van der Waals surface area contributed by atoms with Crippen molar-refractivity contribution in [3.8, 4) is 0 Å². The third-order valence-electron chi connectivity index (χ3n) is 3.05. The minimum Gasteiger partial charge on any atom is -0.481 e. The van der Waals surface area contributed by atoms with Crippen LogP contribution in [0.25, 0.3) is 0 Å². The fourth-order valence-corrected chi connectivity index (χ4v) is 2.07. The first-order valence-corrected chi connectivity index (χ1v) is 5.58. The van der Waals surface area contributed by atoms with Crippen LogP contribution in [0.4, 0.5) is 0 Å².